The zero-order chi connectivity index (χ0) is 20.5. The van der Waals surface area contributed by atoms with Crippen LogP contribution in [-0.2, 0) is 38.2 Å². The summed E-state index contributed by atoms with van der Waals surface area (Å²) in [6.45, 7) is 7.61. The van der Waals surface area contributed by atoms with Gasteiger partial charge in [0.2, 0.25) is 0 Å². The van der Waals surface area contributed by atoms with E-state index in [2.05, 4.69) is 22.6 Å². The number of carbonyl (C=O) groups is 6. The first-order valence-electron chi connectivity index (χ1n) is 6.39. The molecule has 10 nitrogen and oxygen atoms in total. The first kappa shape index (κ1) is 30.0. The van der Waals surface area contributed by atoms with Gasteiger partial charge in [-0.05, 0) is 6.92 Å². The SMILES string of the molecule is C=C(C)C(=O)O.C=CC(=O)O.O=CCOCC=O.O=CCOCC=O. The van der Waals surface area contributed by atoms with Crippen molar-refractivity contribution in [3.05, 3.63) is 24.8 Å². The van der Waals surface area contributed by atoms with E-state index >= 15 is 0 Å². The zero-order valence-electron chi connectivity index (χ0n) is 13.8. The van der Waals surface area contributed by atoms with Crippen molar-refractivity contribution in [3.63, 3.8) is 0 Å². The molecule has 0 bridgehead atoms. The second-order valence-corrected chi connectivity index (χ2v) is 3.37. The molecule has 0 heterocycles. The summed E-state index contributed by atoms with van der Waals surface area (Å²) in [7, 11) is 0. The van der Waals surface area contributed by atoms with Crippen LogP contribution in [0, 0.1) is 0 Å². The van der Waals surface area contributed by atoms with Crippen molar-refractivity contribution in [1.82, 2.24) is 0 Å². The standard InChI is InChI=1S/2C4H6O3.C4H6O2.C3H4O2/c2*5-1-3-7-4-2-6;1-3(2)4(5)6;1-2-3(4)5/h2*1-2H,3-4H2;1H2,2H3,(H,5,6);2H,1H2,(H,4,5). The molecular formula is C15H22O10. The van der Waals surface area contributed by atoms with E-state index in [-0.39, 0.29) is 32.0 Å². The Morgan fingerprint density at radius 1 is 0.840 bits per heavy atom. The van der Waals surface area contributed by atoms with Crippen LogP contribution in [0.1, 0.15) is 6.92 Å². The van der Waals surface area contributed by atoms with Gasteiger partial charge in [-0.1, -0.05) is 13.2 Å². The Balaban J connectivity index is -0.000000119. The number of aldehydes is 4. The van der Waals surface area contributed by atoms with Gasteiger partial charge in [-0.2, -0.15) is 0 Å². The van der Waals surface area contributed by atoms with Crippen LogP contribution in [0.5, 0.6) is 0 Å². The number of hydrogen-bond donors (Lipinski definition) is 2. The normalized spacial score (nSPS) is 7.56. The van der Waals surface area contributed by atoms with Crippen molar-refractivity contribution in [2.24, 2.45) is 0 Å². The fourth-order valence-electron chi connectivity index (χ4n) is 0.329. The molecular weight excluding hydrogens is 340 g/mol. The number of hydrogen-bond acceptors (Lipinski definition) is 8. The van der Waals surface area contributed by atoms with Crippen LogP contribution in [-0.4, -0.2) is 73.7 Å². The lowest BCUT2D eigenvalue weighted by Crippen LogP contribution is -1.97. The van der Waals surface area contributed by atoms with Crippen LogP contribution in [0.3, 0.4) is 0 Å². The Kier molecular flexibility index (Phi) is 34.9. The first-order valence-corrected chi connectivity index (χ1v) is 6.39. The van der Waals surface area contributed by atoms with Gasteiger partial charge in [-0.3, -0.25) is 0 Å². The third-order valence-corrected chi connectivity index (χ3v) is 1.28. The van der Waals surface area contributed by atoms with Crippen LogP contribution < -0.4 is 0 Å². The minimum atomic E-state index is -0.981. The summed E-state index contributed by atoms with van der Waals surface area (Å²) in [6, 6.07) is 0. The summed E-state index contributed by atoms with van der Waals surface area (Å²) in [5.74, 6) is -1.92. The largest absolute Gasteiger partial charge is 0.478 e. The zero-order valence-corrected chi connectivity index (χ0v) is 13.8. The molecule has 0 amide bonds. The Morgan fingerprint density at radius 2 is 1.04 bits per heavy atom. The second kappa shape index (κ2) is 29.1. The lowest BCUT2D eigenvalue weighted by molar-refractivity contribution is -0.133. The summed E-state index contributed by atoms with van der Waals surface area (Å²) in [5, 5.41) is 15.5. The number of carbonyl (C=O) groups excluding carboxylic acids is 4. The maximum absolute atomic E-state index is 9.60. The number of carboxylic acids is 2. The van der Waals surface area contributed by atoms with E-state index in [0.29, 0.717) is 25.1 Å². The minimum Gasteiger partial charge on any atom is -0.478 e. The highest BCUT2D eigenvalue weighted by Crippen LogP contribution is 1.81. The third-order valence-electron chi connectivity index (χ3n) is 1.28. The van der Waals surface area contributed by atoms with E-state index in [1.54, 1.807) is 0 Å². The van der Waals surface area contributed by atoms with Crippen LogP contribution >= 0.6 is 0 Å². The Hall–Kier alpha value is -2.98. The smallest absolute Gasteiger partial charge is 0.330 e. The fraction of sp³-hybridized carbons (Fsp3) is 0.333. The highest BCUT2D eigenvalue weighted by molar-refractivity contribution is 5.84. The summed E-state index contributed by atoms with van der Waals surface area (Å²) in [4.78, 5) is 56.6. The maximum Gasteiger partial charge on any atom is 0.330 e. The summed E-state index contributed by atoms with van der Waals surface area (Å²) < 4.78 is 8.79. The molecule has 0 aliphatic rings. The van der Waals surface area contributed by atoms with Crippen LogP contribution in [0.2, 0.25) is 0 Å². The van der Waals surface area contributed by atoms with Crippen molar-refractivity contribution < 1.29 is 48.5 Å². The summed E-state index contributed by atoms with van der Waals surface area (Å²) in [5.41, 5.74) is 0.176. The molecule has 0 rings (SSSR count). The predicted molar refractivity (Wildman–Crippen MR) is 86.2 cm³/mol. The van der Waals surface area contributed by atoms with Gasteiger partial charge in [0, 0.05) is 11.6 Å². The number of carboxylic acid groups (broad SMARTS) is 2. The lowest BCUT2D eigenvalue weighted by Gasteiger charge is -1.85. The minimum absolute atomic E-state index is 0.0126. The molecule has 0 saturated carbocycles. The van der Waals surface area contributed by atoms with Gasteiger partial charge >= 0.3 is 11.9 Å². The highest BCUT2D eigenvalue weighted by atomic mass is 16.5. The number of aliphatic carboxylic acids is 2. The molecule has 25 heavy (non-hydrogen) atoms. The summed E-state index contributed by atoms with van der Waals surface area (Å²) >= 11 is 0. The Morgan fingerprint density at radius 3 is 1.12 bits per heavy atom. The van der Waals surface area contributed by atoms with Crippen LogP contribution in [0.4, 0.5) is 0 Å². The van der Waals surface area contributed by atoms with E-state index in [0.717, 1.165) is 6.08 Å². The van der Waals surface area contributed by atoms with Crippen molar-refractivity contribution in [2.45, 2.75) is 6.92 Å². The molecule has 0 aromatic carbocycles. The number of rotatable bonds is 10. The van der Waals surface area contributed by atoms with Gasteiger partial charge < -0.3 is 38.9 Å². The molecule has 0 saturated heterocycles. The van der Waals surface area contributed by atoms with E-state index in [4.69, 9.17) is 10.2 Å². The maximum atomic E-state index is 9.60. The molecule has 0 radical (unpaired) electrons. The molecule has 0 atom stereocenters. The molecule has 142 valence electrons. The van der Waals surface area contributed by atoms with Gasteiger partial charge in [0.05, 0.1) is 0 Å². The average molecular weight is 362 g/mol. The lowest BCUT2D eigenvalue weighted by atomic mass is 10.4. The molecule has 2 N–H and O–H groups in total. The quantitative estimate of drug-likeness (QED) is 0.300. The van der Waals surface area contributed by atoms with Crippen molar-refractivity contribution in [2.75, 3.05) is 26.4 Å². The fourth-order valence-corrected chi connectivity index (χ4v) is 0.329. The summed E-state index contributed by atoms with van der Waals surface area (Å²) in [6.07, 6.45) is 3.24. The van der Waals surface area contributed by atoms with Gasteiger partial charge in [0.1, 0.15) is 51.6 Å². The van der Waals surface area contributed by atoms with E-state index in [9.17, 15) is 28.8 Å². The first-order chi connectivity index (χ1) is 11.7. The second-order valence-electron chi connectivity index (χ2n) is 3.37. The van der Waals surface area contributed by atoms with Gasteiger partial charge in [0.15, 0.2) is 0 Å². The molecule has 0 unspecified atom stereocenters. The molecule has 0 spiro atoms. The van der Waals surface area contributed by atoms with E-state index in [1.165, 1.54) is 6.92 Å². The molecule has 10 heteroatoms. The van der Waals surface area contributed by atoms with E-state index < -0.39 is 11.9 Å². The monoisotopic (exact) mass is 362 g/mol. The molecule has 0 aromatic heterocycles. The van der Waals surface area contributed by atoms with Gasteiger partial charge in [0.25, 0.3) is 0 Å². The highest BCUT2D eigenvalue weighted by Gasteiger charge is 1.90. The Labute approximate surface area is 144 Å². The van der Waals surface area contributed by atoms with Crippen LogP contribution in [0.25, 0.3) is 0 Å². The molecule has 0 aliphatic heterocycles. The van der Waals surface area contributed by atoms with Crippen molar-refractivity contribution in [3.8, 4) is 0 Å². The average Bonchev–Trinajstić information content (AvgIpc) is 2.57. The van der Waals surface area contributed by atoms with Crippen LogP contribution in [0.15, 0.2) is 24.8 Å². The molecule has 0 fully saturated rings. The van der Waals surface area contributed by atoms with E-state index in [1.807, 2.05) is 0 Å². The molecule has 0 aromatic rings. The molecule has 0 aliphatic carbocycles. The topological polar surface area (TPSA) is 161 Å². The van der Waals surface area contributed by atoms with Gasteiger partial charge in [-0.25, -0.2) is 9.59 Å². The number of ether oxygens (including phenoxy) is 2. The van der Waals surface area contributed by atoms with Crippen molar-refractivity contribution >= 4 is 37.1 Å². The third kappa shape index (κ3) is 62.6. The van der Waals surface area contributed by atoms with Gasteiger partial charge in [-0.15, -0.1) is 0 Å². The Bertz CT molecular complexity index is 369. The van der Waals surface area contributed by atoms with Crippen molar-refractivity contribution in [1.29, 1.82) is 0 Å². The predicted octanol–water partition coefficient (Wildman–Crippen LogP) is -0.294.